The van der Waals surface area contributed by atoms with Gasteiger partial charge in [0.05, 0.1) is 23.8 Å². The predicted octanol–water partition coefficient (Wildman–Crippen LogP) is -0.871. The first-order chi connectivity index (χ1) is 19.3. The predicted molar refractivity (Wildman–Crippen MR) is 169 cm³/mol. The van der Waals surface area contributed by atoms with Gasteiger partial charge in [0.25, 0.3) is 5.91 Å². The minimum absolute atomic E-state index is 0. The van der Waals surface area contributed by atoms with Crippen LogP contribution in [0.1, 0.15) is 38.3 Å². The number of anilines is 2. The number of nitrogens with zero attached hydrogens (tertiary/aromatic N) is 2. The van der Waals surface area contributed by atoms with Gasteiger partial charge in [-0.25, -0.2) is 0 Å². The van der Waals surface area contributed by atoms with E-state index in [0.717, 1.165) is 0 Å². The maximum Gasteiger partial charge on any atom is 0.255 e. The lowest BCUT2D eigenvalue weighted by atomic mass is 9.57. The molecule has 0 saturated heterocycles. The molecule has 15 nitrogen and oxygen atoms in total. The van der Waals surface area contributed by atoms with Crippen LogP contribution in [0.25, 0.3) is 5.76 Å². The molecule has 0 radical (unpaired) electrons. The van der Waals surface area contributed by atoms with E-state index >= 15 is 0 Å². The SMILES string of the molecule is CN(C)c1cc(NC(=O)CNC(C)(C)C)c(O)c2c1C[C@H]1C[C@@H]3[C@H](N(C)C)C(=O)C(C(N)=O)=C(O)[C@@]3(O)C(=O)C1=C2O.Cl.O.O. The maximum absolute atomic E-state index is 14.0. The van der Waals surface area contributed by atoms with Crippen molar-refractivity contribution in [1.82, 2.24) is 10.2 Å². The van der Waals surface area contributed by atoms with Crippen molar-refractivity contribution < 1.29 is 50.6 Å². The summed E-state index contributed by atoms with van der Waals surface area (Å²) < 4.78 is 0. The van der Waals surface area contributed by atoms with Gasteiger partial charge in [-0.1, -0.05) is 0 Å². The van der Waals surface area contributed by atoms with E-state index in [2.05, 4.69) is 10.6 Å². The van der Waals surface area contributed by atoms with E-state index in [-0.39, 0.29) is 65.1 Å². The molecule has 3 aliphatic carbocycles. The number of aromatic hydroxyl groups is 1. The van der Waals surface area contributed by atoms with E-state index in [1.807, 2.05) is 20.8 Å². The molecule has 16 heteroatoms. The summed E-state index contributed by atoms with van der Waals surface area (Å²) in [6, 6.07) is 0.409. The summed E-state index contributed by atoms with van der Waals surface area (Å²) in [7, 11) is 6.58. The minimum atomic E-state index is -2.73. The Kier molecular flexibility index (Phi) is 11.6. The molecule has 1 saturated carbocycles. The third-order valence-corrected chi connectivity index (χ3v) is 8.23. The third-order valence-electron chi connectivity index (χ3n) is 8.23. The van der Waals surface area contributed by atoms with E-state index in [4.69, 9.17) is 5.73 Å². The average Bonchev–Trinajstić information content (AvgIpc) is 2.85. The highest BCUT2D eigenvalue weighted by Gasteiger charge is 2.64. The Labute approximate surface area is 266 Å². The Bertz CT molecular complexity index is 1470. The molecule has 0 heterocycles. The van der Waals surface area contributed by atoms with Crippen molar-refractivity contribution in [3.05, 3.63) is 34.1 Å². The Hall–Kier alpha value is -3.73. The fraction of sp³-hybridized carbons (Fsp3) is 0.517. The monoisotopic (exact) mass is 657 g/mol. The zero-order valence-corrected chi connectivity index (χ0v) is 27.0. The van der Waals surface area contributed by atoms with E-state index in [1.165, 1.54) is 4.90 Å². The number of Topliss-reactive ketones (excluding diaryl/α,β-unsaturated/α-hetero) is 2. The molecular weight excluding hydrogens is 614 g/mol. The molecule has 0 spiro atoms. The van der Waals surface area contributed by atoms with Gasteiger partial charge < -0.3 is 52.6 Å². The van der Waals surface area contributed by atoms with Gasteiger partial charge in [-0.05, 0) is 65.3 Å². The van der Waals surface area contributed by atoms with Gasteiger partial charge in [-0.2, -0.15) is 0 Å². The summed E-state index contributed by atoms with van der Waals surface area (Å²) in [5, 5.41) is 51.3. The molecule has 0 aromatic heterocycles. The molecule has 1 aromatic rings. The van der Waals surface area contributed by atoms with E-state index in [1.54, 1.807) is 39.2 Å². The minimum Gasteiger partial charge on any atom is -0.508 e. The summed E-state index contributed by atoms with van der Waals surface area (Å²) in [4.78, 5) is 55.3. The molecule has 2 amide bonds. The lowest BCUT2D eigenvalue weighted by Gasteiger charge is -2.50. The van der Waals surface area contributed by atoms with Crippen LogP contribution in [0.3, 0.4) is 0 Å². The number of hydrogen-bond donors (Lipinski definition) is 7. The second-order valence-corrected chi connectivity index (χ2v) is 12.7. The smallest absolute Gasteiger partial charge is 0.255 e. The van der Waals surface area contributed by atoms with Crippen LogP contribution in [0.5, 0.6) is 5.75 Å². The third kappa shape index (κ3) is 6.36. The number of nitrogens with one attached hydrogen (secondary N) is 2. The molecule has 12 N–H and O–H groups in total. The number of amides is 2. The number of fused-ring (bicyclic) bond motifs is 3. The quantitative estimate of drug-likeness (QED) is 0.146. The van der Waals surface area contributed by atoms with Crippen molar-refractivity contribution in [2.45, 2.75) is 50.8 Å². The van der Waals surface area contributed by atoms with Crippen molar-refractivity contribution in [2.24, 2.45) is 17.6 Å². The number of aliphatic hydroxyl groups excluding tert-OH is 2. The van der Waals surface area contributed by atoms with Gasteiger partial charge in [0.2, 0.25) is 11.7 Å². The summed E-state index contributed by atoms with van der Waals surface area (Å²) in [5.74, 6) is -7.79. The van der Waals surface area contributed by atoms with Crippen molar-refractivity contribution in [3.63, 3.8) is 0 Å². The molecule has 1 aromatic carbocycles. The number of phenols is 1. The number of likely N-dealkylation sites (N-methyl/N-ethyl adjacent to an activating group) is 1. The zero-order valence-electron chi connectivity index (χ0n) is 26.2. The molecule has 0 bridgehead atoms. The summed E-state index contributed by atoms with van der Waals surface area (Å²) in [6.45, 7) is 5.62. The molecule has 252 valence electrons. The Morgan fingerprint density at radius 3 is 2.16 bits per heavy atom. The Morgan fingerprint density at radius 2 is 1.67 bits per heavy atom. The van der Waals surface area contributed by atoms with Crippen molar-refractivity contribution >= 4 is 52.9 Å². The first kappa shape index (κ1) is 39.3. The van der Waals surface area contributed by atoms with Gasteiger partial charge in [0.1, 0.15) is 22.8 Å². The fourth-order valence-electron chi connectivity index (χ4n) is 6.33. The molecule has 3 aliphatic rings. The first-order valence-electron chi connectivity index (χ1n) is 13.6. The van der Waals surface area contributed by atoms with Gasteiger partial charge in [-0.3, -0.25) is 24.1 Å². The van der Waals surface area contributed by atoms with Crippen LogP contribution in [0.2, 0.25) is 0 Å². The number of halogens is 1. The van der Waals surface area contributed by atoms with Gasteiger partial charge in [0, 0.05) is 36.8 Å². The number of phenolic OH excluding ortho intramolecular Hbond substituents is 1. The number of ketones is 2. The lowest BCUT2D eigenvalue weighted by Crippen LogP contribution is -2.65. The molecule has 0 unspecified atom stereocenters. The fourth-order valence-corrected chi connectivity index (χ4v) is 6.33. The second kappa shape index (κ2) is 13.3. The molecule has 0 aliphatic heterocycles. The number of aliphatic hydroxyl groups is 3. The van der Waals surface area contributed by atoms with Crippen molar-refractivity contribution in [3.8, 4) is 5.75 Å². The summed E-state index contributed by atoms with van der Waals surface area (Å²) in [5.41, 5.74) is 2.11. The first-order valence-corrected chi connectivity index (χ1v) is 13.6. The van der Waals surface area contributed by atoms with E-state index in [0.29, 0.717) is 11.3 Å². The highest BCUT2D eigenvalue weighted by molar-refractivity contribution is 6.24. The maximum atomic E-state index is 14.0. The van der Waals surface area contributed by atoms with Crippen LogP contribution in [0, 0.1) is 11.8 Å². The van der Waals surface area contributed by atoms with Crippen LogP contribution in [0.4, 0.5) is 11.4 Å². The van der Waals surface area contributed by atoms with Gasteiger partial charge in [-0.15, -0.1) is 12.4 Å². The summed E-state index contributed by atoms with van der Waals surface area (Å²) >= 11 is 0. The zero-order chi connectivity index (χ0) is 31.6. The number of benzene rings is 1. The van der Waals surface area contributed by atoms with Crippen LogP contribution in [-0.4, -0.2) is 112 Å². The van der Waals surface area contributed by atoms with Gasteiger partial charge in [0.15, 0.2) is 11.4 Å². The molecule has 1 fully saturated rings. The summed E-state index contributed by atoms with van der Waals surface area (Å²) in [6.07, 6.45) is 0.117. The van der Waals surface area contributed by atoms with Crippen molar-refractivity contribution in [1.29, 1.82) is 0 Å². The molecule has 45 heavy (non-hydrogen) atoms. The number of carbonyl (C=O) groups excluding carboxylic acids is 4. The largest absolute Gasteiger partial charge is 0.508 e. The number of hydrogen-bond acceptors (Lipinski definition) is 11. The Morgan fingerprint density at radius 1 is 1.09 bits per heavy atom. The van der Waals surface area contributed by atoms with E-state index in [9.17, 15) is 39.6 Å². The van der Waals surface area contributed by atoms with Crippen LogP contribution in [0.15, 0.2) is 23.0 Å². The number of nitrogens with two attached hydrogens (primary N) is 1. The molecular formula is C29H44ClN5O10. The Balaban J connectivity index is 0.00000337. The normalized spacial score (nSPS) is 24.0. The van der Waals surface area contributed by atoms with Crippen LogP contribution in [-0.2, 0) is 25.6 Å². The van der Waals surface area contributed by atoms with E-state index < -0.39 is 69.7 Å². The highest BCUT2D eigenvalue weighted by atomic mass is 35.5. The number of carbonyl (C=O) groups is 4. The number of primary amides is 1. The number of rotatable bonds is 6. The lowest BCUT2D eigenvalue weighted by molar-refractivity contribution is -0.153. The van der Waals surface area contributed by atoms with Crippen LogP contribution >= 0.6 is 12.4 Å². The standard InChI is InChI=1S/C29H39N5O8.ClH.2H2O/c1-28(2,3)31-11-17(35)32-15-10-16(33(4)5)13-8-12-9-14-21(34(6)7)24(38)20(27(30)41)26(40)29(14,42)25(39)18(12)23(37)19(13)22(15)36;;;/h10,12,14,21,31,36-37,40,42H,8-9,11H2,1-7H3,(H2,30,41)(H,32,35);1H;2*1H2/t12-,14+,21-,29-;;;/m0.../s1. The second-order valence-electron chi connectivity index (χ2n) is 12.7. The molecule has 4 atom stereocenters. The molecule has 4 rings (SSSR count). The van der Waals surface area contributed by atoms with Gasteiger partial charge >= 0.3 is 0 Å². The van der Waals surface area contributed by atoms with Crippen LogP contribution < -0.4 is 21.3 Å². The topological polar surface area (TPSA) is 269 Å². The highest BCUT2D eigenvalue weighted by Crippen LogP contribution is 2.54. The average molecular weight is 658 g/mol. The van der Waals surface area contributed by atoms with Crippen molar-refractivity contribution in [2.75, 3.05) is 45.0 Å².